The van der Waals surface area contributed by atoms with Crippen molar-refractivity contribution in [1.29, 1.82) is 0 Å². The van der Waals surface area contributed by atoms with E-state index in [0.717, 1.165) is 45.2 Å². The number of methoxy groups -OCH3 is 1. The number of hydrogen-bond donors (Lipinski definition) is 1. The van der Waals surface area contributed by atoms with Crippen LogP contribution in [0, 0.1) is 11.8 Å². The minimum Gasteiger partial charge on any atom is -0.447 e. The van der Waals surface area contributed by atoms with Crippen LogP contribution in [0.25, 0.3) is 0 Å². The number of carbonyl (C=O) groups is 2. The first-order chi connectivity index (χ1) is 21.8. The van der Waals surface area contributed by atoms with Crippen LogP contribution in [0.4, 0.5) is 4.79 Å². The molecule has 0 aromatic carbocycles. The highest BCUT2D eigenvalue weighted by Gasteiger charge is 2.30. The normalized spacial score (nSPS) is 24.0. The molecule has 2 fully saturated rings. The van der Waals surface area contributed by atoms with Crippen molar-refractivity contribution >= 4 is 34.9 Å². The molecule has 10 nitrogen and oxygen atoms in total. The second kappa shape index (κ2) is 21.7. The lowest BCUT2D eigenvalue weighted by Gasteiger charge is -2.35. The lowest BCUT2D eigenvalue weighted by atomic mass is 9.89. The highest BCUT2D eigenvalue weighted by molar-refractivity contribution is 14.1. The molecule has 0 unspecified atom stereocenters. The molecular formula is C35H62IN3O7. The van der Waals surface area contributed by atoms with Gasteiger partial charge in [0.05, 0.1) is 43.2 Å². The maximum absolute atomic E-state index is 12.4. The van der Waals surface area contributed by atoms with Gasteiger partial charge in [-0.3, -0.25) is 4.79 Å². The maximum Gasteiger partial charge on any atom is 0.409 e. The SMILES string of the molecule is CC[C@H](OC)[C@@H](C)OC(C)(C)C[C@H](C)/C=C/C=C(\C)[C@H]1O[C@@H](CNC(=O)CCOCCOC(=O)N2CCCN(I)CC2)CC[C@@H]1C. The molecular weight excluding hydrogens is 701 g/mol. The molecule has 2 saturated heterocycles. The first-order valence-electron chi connectivity index (χ1n) is 17.2. The second-order valence-corrected chi connectivity index (χ2v) is 14.9. The molecule has 266 valence electrons. The Labute approximate surface area is 292 Å². The van der Waals surface area contributed by atoms with Gasteiger partial charge < -0.3 is 33.9 Å². The largest absolute Gasteiger partial charge is 0.447 e. The second-order valence-electron chi connectivity index (χ2n) is 13.5. The van der Waals surface area contributed by atoms with Gasteiger partial charge in [-0.05, 0) is 77.2 Å². The Morgan fingerprint density at radius 2 is 1.87 bits per heavy atom. The van der Waals surface area contributed by atoms with Crippen LogP contribution in [0.3, 0.4) is 0 Å². The molecule has 2 aliphatic rings. The van der Waals surface area contributed by atoms with Crippen LogP contribution in [0.1, 0.15) is 87.0 Å². The van der Waals surface area contributed by atoms with Gasteiger partial charge in [-0.25, -0.2) is 7.91 Å². The summed E-state index contributed by atoms with van der Waals surface area (Å²) in [6, 6.07) is 0. The Morgan fingerprint density at radius 3 is 2.59 bits per heavy atom. The van der Waals surface area contributed by atoms with Crippen molar-refractivity contribution in [3.63, 3.8) is 0 Å². The molecule has 2 rings (SSSR count). The molecule has 0 saturated carbocycles. The molecule has 1 N–H and O–H groups in total. The monoisotopic (exact) mass is 763 g/mol. The van der Waals surface area contributed by atoms with E-state index in [4.69, 9.17) is 23.7 Å². The standard InChI is InChI=1S/C35H62IN3O7/c1-9-31(42-8)29(5)46-35(6,7)24-26(2)12-10-13-27(3)33-28(4)14-15-30(45-33)25-37-32(40)16-21-43-22-23-44-34(41)38-17-11-18-39(36)20-19-38/h10,12-13,26,28-31,33H,9,11,14-25H2,1-8H3,(H,37,40)/b12-10+,27-13+/t26-,28+,29-,30-,31+,33-/m1/s1. The maximum atomic E-state index is 12.4. The van der Waals surface area contributed by atoms with Crippen molar-refractivity contribution < 1.29 is 33.3 Å². The first kappa shape index (κ1) is 40.9. The zero-order chi connectivity index (χ0) is 34.1. The van der Waals surface area contributed by atoms with Gasteiger partial charge in [0.2, 0.25) is 5.91 Å². The lowest BCUT2D eigenvalue weighted by molar-refractivity contribution is -0.125. The highest BCUT2D eigenvalue weighted by Crippen LogP contribution is 2.30. The Morgan fingerprint density at radius 1 is 1.11 bits per heavy atom. The highest BCUT2D eigenvalue weighted by atomic mass is 127. The van der Waals surface area contributed by atoms with E-state index in [1.807, 2.05) is 0 Å². The van der Waals surface area contributed by atoms with E-state index >= 15 is 0 Å². The van der Waals surface area contributed by atoms with Crippen molar-refractivity contribution in [2.75, 3.05) is 59.7 Å². The summed E-state index contributed by atoms with van der Waals surface area (Å²) in [7, 11) is 1.74. The molecule has 0 radical (unpaired) electrons. The van der Waals surface area contributed by atoms with Gasteiger partial charge in [0, 0.05) is 69.1 Å². The molecule has 0 aliphatic carbocycles. The van der Waals surface area contributed by atoms with Crippen LogP contribution in [0.15, 0.2) is 23.8 Å². The Bertz CT molecular complexity index is 958. The zero-order valence-electron chi connectivity index (χ0n) is 29.7. The summed E-state index contributed by atoms with van der Waals surface area (Å²) < 4.78 is 31.4. The average molecular weight is 764 g/mol. The van der Waals surface area contributed by atoms with Gasteiger partial charge in [0.15, 0.2) is 0 Å². The third kappa shape index (κ3) is 15.8. The van der Waals surface area contributed by atoms with E-state index in [1.165, 1.54) is 5.57 Å². The van der Waals surface area contributed by atoms with Crippen molar-refractivity contribution in [1.82, 2.24) is 13.3 Å². The minimum absolute atomic E-state index is 0.0195. The number of allylic oxidation sites excluding steroid dienone is 3. The van der Waals surface area contributed by atoms with Crippen LogP contribution < -0.4 is 5.32 Å². The number of rotatable bonds is 18. The summed E-state index contributed by atoms with van der Waals surface area (Å²) in [5.74, 6) is 0.701. The summed E-state index contributed by atoms with van der Waals surface area (Å²) in [4.78, 5) is 26.4. The number of nitrogens with one attached hydrogen (secondary N) is 1. The number of amides is 2. The van der Waals surface area contributed by atoms with E-state index < -0.39 is 0 Å². The fourth-order valence-electron chi connectivity index (χ4n) is 6.30. The van der Waals surface area contributed by atoms with Crippen LogP contribution in [0.5, 0.6) is 0 Å². The molecule has 0 bridgehead atoms. The summed E-state index contributed by atoms with van der Waals surface area (Å²) in [5, 5.41) is 3.00. The quantitative estimate of drug-likeness (QED) is 0.0750. The predicted octanol–water partition coefficient (Wildman–Crippen LogP) is 6.32. The van der Waals surface area contributed by atoms with Gasteiger partial charge in [-0.2, -0.15) is 0 Å². The van der Waals surface area contributed by atoms with Crippen molar-refractivity contribution in [2.24, 2.45) is 11.8 Å². The van der Waals surface area contributed by atoms with Crippen molar-refractivity contribution in [3.05, 3.63) is 23.8 Å². The Balaban J connectivity index is 1.67. The summed E-state index contributed by atoms with van der Waals surface area (Å²) >= 11 is 2.29. The summed E-state index contributed by atoms with van der Waals surface area (Å²) in [5.41, 5.74) is 0.941. The number of nitrogens with zero attached hydrogens (tertiary/aromatic N) is 2. The van der Waals surface area contributed by atoms with Gasteiger partial charge in [0.1, 0.15) is 6.61 Å². The number of carbonyl (C=O) groups excluding carboxylic acids is 2. The van der Waals surface area contributed by atoms with Gasteiger partial charge in [0.25, 0.3) is 0 Å². The number of hydrogen-bond acceptors (Lipinski definition) is 8. The number of halogens is 1. The summed E-state index contributed by atoms with van der Waals surface area (Å²) in [6.45, 7) is 19.5. The minimum atomic E-state index is -0.299. The Kier molecular flexibility index (Phi) is 19.3. The topological polar surface area (TPSA) is 98.8 Å². The molecule has 46 heavy (non-hydrogen) atoms. The number of ether oxygens (including phenoxy) is 5. The van der Waals surface area contributed by atoms with Gasteiger partial charge in [-0.1, -0.05) is 39.0 Å². The van der Waals surface area contributed by atoms with E-state index in [9.17, 15) is 9.59 Å². The molecule has 0 aromatic heterocycles. The Hall–Kier alpha value is -1.25. The fraction of sp³-hybridized carbons (Fsp3) is 0.829. The van der Waals surface area contributed by atoms with Crippen molar-refractivity contribution in [3.8, 4) is 0 Å². The molecule has 0 spiro atoms. The third-order valence-corrected chi connectivity index (χ3v) is 9.71. The molecule has 0 aromatic rings. The van der Waals surface area contributed by atoms with Crippen LogP contribution >= 0.6 is 22.9 Å². The van der Waals surface area contributed by atoms with Crippen molar-refractivity contribution in [2.45, 2.75) is 117 Å². The smallest absolute Gasteiger partial charge is 0.409 e. The van der Waals surface area contributed by atoms with Crippen LogP contribution in [-0.4, -0.2) is 110 Å². The zero-order valence-corrected chi connectivity index (χ0v) is 31.9. The van der Waals surface area contributed by atoms with E-state index in [0.29, 0.717) is 31.5 Å². The van der Waals surface area contributed by atoms with Gasteiger partial charge in [-0.15, -0.1) is 0 Å². The van der Waals surface area contributed by atoms with E-state index in [1.54, 1.807) is 12.0 Å². The molecule has 11 heteroatoms. The van der Waals surface area contributed by atoms with Crippen LogP contribution in [0.2, 0.25) is 0 Å². The first-order valence-corrected chi connectivity index (χ1v) is 18.2. The fourth-order valence-corrected chi connectivity index (χ4v) is 6.86. The van der Waals surface area contributed by atoms with Gasteiger partial charge >= 0.3 is 6.09 Å². The van der Waals surface area contributed by atoms with E-state index in [2.05, 4.69) is 98.0 Å². The third-order valence-electron chi connectivity index (χ3n) is 8.75. The molecule has 2 heterocycles. The van der Waals surface area contributed by atoms with Crippen LogP contribution in [-0.2, 0) is 28.5 Å². The summed E-state index contributed by atoms with van der Waals surface area (Å²) in [6.07, 6.45) is 11.4. The molecule has 2 amide bonds. The van der Waals surface area contributed by atoms with E-state index in [-0.39, 0.29) is 68.3 Å². The predicted molar refractivity (Wildman–Crippen MR) is 191 cm³/mol. The molecule has 2 aliphatic heterocycles. The average Bonchev–Trinajstić information content (AvgIpc) is 3.22. The molecule has 6 atom stereocenters. The lowest BCUT2D eigenvalue weighted by Crippen LogP contribution is -2.41.